The fourth-order valence-corrected chi connectivity index (χ4v) is 1.87. The van der Waals surface area contributed by atoms with Gasteiger partial charge in [-0.15, -0.1) is 0 Å². The standard InChI is InChI=1S/C10H11NO5S/c1-16-8-6-7(3-5-10(12)13)2-4-9(8)17(11,14)15/h2-6H,1H3,(H,12,13)(H2,11,14,15)/b5-3+. The summed E-state index contributed by atoms with van der Waals surface area (Å²) < 4.78 is 27.2. The van der Waals surface area contributed by atoms with Gasteiger partial charge in [-0.25, -0.2) is 18.4 Å². The molecule has 0 aromatic heterocycles. The average Bonchev–Trinajstić information content (AvgIpc) is 2.24. The summed E-state index contributed by atoms with van der Waals surface area (Å²) >= 11 is 0. The Labute approximate surface area is 98.4 Å². The molecular formula is C10H11NO5S. The van der Waals surface area contributed by atoms with Crippen LogP contribution in [0.4, 0.5) is 0 Å². The fourth-order valence-electron chi connectivity index (χ4n) is 1.19. The van der Waals surface area contributed by atoms with Crippen LogP contribution in [0.1, 0.15) is 5.56 Å². The lowest BCUT2D eigenvalue weighted by atomic mass is 10.2. The van der Waals surface area contributed by atoms with Crippen LogP contribution >= 0.6 is 0 Å². The normalized spacial score (nSPS) is 11.6. The van der Waals surface area contributed by atoms with Gasteiger partial charge in [0.2, 0.25) is 10.0 Å². The topological polar surface area (TPSA) is 107 Å². The number of sulfonamides is 1. The highest BCUT2D eigenvalue weighted by molar-refractivity contribution is 7.89. The number of ether oxygens (including phenoxy) is 1. The largest absolute Gasteiger partial charge is 0.495 e. The van der Waals surface area contributed by atoms with Crippen molar-refractivity contribution in [2.75, 3.05) is 7.11 Å². The Hall–Kier alpha value is -1.86. The predicted molar refractivity (Wildman–Crippen MR) is 61.0 cm³/mol. The van der Waals surface area contributed by atoms with E-state index in [0.29, 0.717) is 5.56 Å². The summed E-state index contributed by atoms with van der Waals surface area (Å²) in [5.41, 5.74) is 0.497. The Kier molecular flexibility index (Phi) is 3.87. The van der Waals surface area contributed by atoms with Crippen molar-refractivity contribution in [2.24, 2.45) is 5.14 Å². The van der Waals surface area contributed by atoms with Crippen LogP contribution in [-0.2, 0) is 14.8 Å². The maximum atomic E-state index is 11.2. The number of methoxy groups -OCH3 is 1. The van der Waals surface area contributed by atoms with Crippen molar-refractivity contribution in [1.82, 2.24) is 0 Å². The van der Waals surface area contributed by atoms with Gasteiger partial charge in [-0.05, 0) is 23.8 Å². The van der Waals surface area contributed by atoms with Gasteiger partial charge in [-0.1, -0.05) is 6.07 Å². The summed E-state index contributed by atoms with van der Waals surface area (Å²) in [4.78, 5) is 10.2. The lowest BCUT2D eigenvalue weighted by molar-refractivity contribution is -0.131. The third-order valence-electron chi connectivity index (χ3n) is 1.91. The van der Waals surface area contributed by atoms with Crippen molar-refractivity contribution in [3.63, 3.8) is 0 Å². The molecule has 0 heterocycles. The van der Waals surface area contributed by atoms with Crippen LogP contribution in [0.3, 0.4) is 0 Å². The number of hydrogen-bond acceptors (Lipinski definition) is 4. The lowest BCUT2D eigenvalue weighted by Crippen LogP contribution is -2.13. The number of carboxylic acids is 1. The smallest absolute Gasteiger partial charge is 0.328 e. The molecular weight excluding hydrogens is 246 g/mol. The number of primary sulfonamides is 1. The van der Waals surface area contributed by atoms with E-state index >= 15 is 0 Å². The van der Waals surface area contributed by atoms with Crippen molar-refractivity contribution in [3.05, 3.63) is 29.8 Å². The highest BCUT2D eigenvalue weighted by Crippen LogP contribution is 2.24. The molecule has 0 spiro atoms. The van der Waals surface area contributed by atoms with Crippen molar-refractivity contribution >= 4 is 22.1 Å². The quantitative estimate of drug-likeness (QED) is 0.761. The van der Waals surface area contributed by atoms with E-state index in [9.17, 15) is 13.2 Å². The Morgan fingerprint density at radius 2 is 2.12 bits per heavy atom. The second-order valence-corrected chi connectivity index (χ2v) is 4.66. The average molecular weight is 257 g/mol. The molecule has 0 unspecified atom stereocenters. The van der Waals surface area contributed by atoms with Gasteiger partial charge >= 0.3 is 5.97 Å². The number of hydrogen-bond donors (Lipinski definition) is 2. The second kappa shape index (κ2) is 4.98. The minimum atomic E-state index is -3.86. The molecule has 0 radical (unpaired) electrons. The third-order valence-corrected chi connectivity index (χ3v) is 2.86. The van der Waals surface area contributed by atoms with E-state index in [-0.39, 0.29) is 10.6 Å². The zero-order valence-corrected chi connectivity index (χ0v) is 9.77. The van der Waals surface area contributed by atoms with Gasteiger partial charge < -0.3 is 9.84 Å². The van der Waals surface area contributed by atoms with Gasteiger partial charge in [0, 0.05) is 6.08 Å². The van der Waals surface area contributed by atoms with E-state index in [2.05, 4.69) is 0 Å². The highest BCUT2D eigenvalue weighted by atomic mass is 32.2. The molecule has 0 saturated heterocycles. The molecule has 17 heavy (non-hydrogen) atoms. The van der Waals surface area contributed by atoms with E-state index in [4.69, 9.17) is 15.0 Å². The predicted octanol–water partition coefficient (Wildman–Crippen LogP) is 0.440. The molecule has 7 heteroatoms. The number of nitrogens with two attached hydrogens (primary N) is 1. The maximum Gasteiger partial charge on any atom is 0.328 e. The fraction of sp³-hybridized carbons (Fsp3) is 0.100. The number of aliphatic carboxylic acids is 1. The number of carbonyl (C=O) groups is 1. The van der Waals surface area contributed by atoms with Crippen LogP contribution in [0, 0.1) is 0 Å². The molecule has 0 amide bonds. The molecule has 0 atom stereocenters. The van der Waals surface area contributed by atoms with Gasteiger partial charge in [0.25, 0.3) is 0 Å². The first-order valence-electron chi connectivity index (χ1n) is 4.46. The van der Waals surface area contributed by atoms with Crippen molar-refractivity contribution in [3.8, 4) is 5.75 Å². The summed E-state index contributed by atoms with van der Waals surface area (Å²) in [6, 6.07) is 4.08. The second-order valence-electron chi connectivity index (χ2n) is 3.13. The van der Waals surface area contributed by atoms with Crippen LogP contribution in [0.5, 0.6) is 5.75 Å². The van der Waals surface area contributed by atoms with Crippen LogP contribution in [0.25, 0.3) is 6.08 Å². The third kappa shape index (κ3) is 3.58. The Balaban J connectivity index is 3.23. The zero-order valence-electron chi connectivity index (χ0n) is 8.95. The van der Waals surface area contributed by atoms with Gasteiger partial charge in [0.1, 0.15) is 10.6 Å². The van der Waals surface area contributed by atoms with Gasteiger partial charge in [-0.2, -0.15) is 0 Å². The monoisotopic (exact) mass is 257 g/mol. The van der Waals surface area contributed by atoms with Crippen LogP contribution < -0.4 is 9.88 Å². The van der Waals surface area contributed by atoms with E-state index in [0.717, 1.165) is 6.08 Å². The van der Waals surface area contributed by atoms with Crippen molar-refractivity contribution < 1.29 is 23.1 Å². The van der Waals surface area contributed by atoms with Gasteiger partial charge in [0.15, 0.2) is 0 Å². The molecule has 3 N–H and O–H groups in total. The zero-order chi connectivity index (χ0) is 13.1. The SMILES string of the molecule is COc1cc(/C=C/C(=O)O)ccc1S(N)(=O)=O. The van der Waals surface area contributed by atoms with Crippen LogP contribution in [-0.4, -0.2) is 26.6 Å². The number of carboxylic acid groups (broad SMARTS) is 1. The molecule has 0 aliphatic carbocycles. The van der Waals surface area contributed by atoms with Crippen LogP contribution in [0.2, 0.25) is 0 Å². The maximum absolute atomic E-state index is 11.2. The Morgan fingerprint density at radius 1 is 1.47 bits per heavy atom. The highest BCUT2D eigenvalue weighted by Gasteiger charge is 2.14. The molecule has 1 aromatic rings. The Bertz CT molecular complexity index is 562. The van der Waals surface area contributed by atoms with Crippen LogP contribution in [0.15, 0.2) is 29.2 Å². The first-order chi connectivity index (χ1) is 7.84. The van der Waals surface area contributed by atoms with Gasteiger partial charge in [0.05, 0.1) is 7.11 Å². The molecule has 0 saturated carbocycles. The molecule has 92 valence electrons. The summed E-state index contributed by atoms with van der Waals surface area (Å²) in [5, 5.41) is 13.4. The van der Waals surface area contributed by atoms with E-state index in [1.165, 1.54) is 31.4 Å². The molecule has 0 fully saturated rings. The molecule has 1 aromatic carbocycles. The molecule has 0 aliphatic rings. The summed E-state index contributed by atoms with van der Waals surface area (Å²) in [6.45, 7) is 0. The summed E-state index contributed by atoms with van der Waals surface area (Å²) in [7, 11) is -2.56. The summed E-state index contributed by atoms with van der Waals surface area (Å²) in [5.74, 6) is -1.03. The molecule has 1 rings (SSSR count). The Morgan fingerprint density at radius 3 is 2.59 bits per heavy atom. The number of rotatable bonds is 4. The number of benzene rings is 1. The summed E-state index contributed by atoms with van der Waals surface area (Å²) in [6.07, 6.45) is 2.25. The van der Waals surface area contributed by atoms with E-state index in [1.807, 2.05) is 0 Å². The minimum absolute atomic E-state index is 0.0695. The lowest BCUT2D eigenvalue weighted by Gasteiger charge is -2.07. The first kappa shape index (κ1) is 13.2. The molecule has 0 bridgehead atoms. The minimum Gasteiger partial charge on any atom is -0.495 e. The molecule has 6 nitrogen and oxygen atoms in total. The van der Waals surface area contributed by atoms with E-state index in [1.54, 1.807) is 0 Å². The first-order valence-corrected chi connectivity index (χ1v) is 6.01. The van der Waals surface area contributed by atoms with Crippen molar-refractivity contribution in [1.29, 1.82) is 0 Å². The van der Waals surface area contributed by atoms with Crippen molar-refractivity contribution in [2.45, 2.75) is 4.90 Å². The van der Waals surface area contributed by atoms with E-state index < -0.39 is 16.0 Å². The molecule has 0 aliphatic heterocycles. The van der Waals surface area contributed by atoms with Gasteiger partial charge in [-0.3, -0.25) is 0 Å².